The number of hydrogen-bond donors (Lipinski definition) is 1. The van der Waals surface area contributed by atoms with Crippen LogP contribution in [0, 0.1) is 11.3 Å². The van der Waals surface area contributed by atoms with Crippen molar-refractivity contribution in [1.82, 2.24) is 4.98 Å². The zero-order chi connectivity index (χ0) is 17.5. The number of nitrogens with zero attached hydrogens (tertiary/aromatic N) is 3. The highest BCUT2D eigenvalue weighted by Gasteiger charge is 2.18. The topological polar surface area (TPSA) is 74.2 Å². The smallest absolute Gasteiger partial charge is 0.252 e. The number of benzene rings is 1. The average molecular weight is 324 g/mol. The fourth-order valence-electron chi connectivity index (χ4n) is 2.43. The lowest BCUT2D eigenvalue weighted by atomic mass is 10.0. The molecule has 1 heterocycles. The van der Waals surface area contributed by atoms with E-state index in [1.54, 1.807) is 6.21 Å². The number of oxazole rings is 1. The number of aromatic nitrogens is 1. The molecular weight excluding hydrogens is 300 g/mol. The Morgan fingerprint density at radius 3 is 2.46 bits per heavy atom. The summed E-state index contributed by atoms with van der Waals surface area (Å²) in [5.41, 5.74) is 5.30. The summed E-state index contributed by atoms with van der Waals surface area (Å²) in [6, 6.07) is 10.3. The molecule has 0 saturated heterocycles. The molecule has 126 valence electrons. The van der Waals surface area contributed by atoms with Crippen LogP contribution in [0.2, 0.25) is 0 Å². The first kappa shape index (κ1) is 17.7. The van der Waals surface area contributed by atoms with E-state index in [-0.39, 0.29) is 11.6 Å². The third-order valence-corrected chi connectivity index (χ3v) is 4.07. The van der Waals surface area contributed by atoms with Gasteiger partial charge in [-0.25, -0.2) is 10.4 Å². The first-order chi connectivity index (χ1) is 11.6. The van der Waals surface area contributed by atoms with Crippen molar-refractivity contribution < 1.29 is 4.42 Å². The number of rotatable bonds is 7. The van der Waals surface area contributed by atoms with Gasteiger partial charge in [0.25, 0.3) is 5.88 Å². The van der Waals surface area contributed by atoms with Crippen LogP contribution in [0.25, 0.3) is 0 Å². The summed E-state index contributed by atoms with van der Waals surface area (Å²) in [6.07, 6.45) is 3.55. The maximum atomic E-state index is 9.19. The summed E-state index contributed by atoms with van der Waals surface area (Å²) in [6.45, 7) is 8.48. The normalized spacial score (nSPS) is 11.4. The maximum absolute atomic E-state index is 9.19. The van der Waals surface area contributed by atoms with Gasteiger partial charge in [-0.05, 0) is 29.9 Å². The summed E-state index contributed by atoms with van der Waals surface area (Å²) >= 11 is 0. The molecule has 1 aromatic carbocycles. The molecule has 0 radical (unpaired) electrons. The summed E-state index contributed by atoms with van der Waals surface area (Å²) in [5, 5.41) is 13.4. The van der Waals surface area contributed by atoms with Crippen molar-refractivity contribution >= 4 is 12.1 Å². The molecule has 0 bridgehead atoms. The molecule has 0 atom stereocenters. The molecule has 0 aliphatic rings. The second-order valence-corrected chi connectivity index (χ2v) is 6.05. The minimum Gasteiger partial charge on any atom is -0.422 e. The van der Waals surface area contributed by atoms with Crippen molar-refractivity contribution in [3.8, 4) is 6.07 Å². The minimum absolute atomic E-state index is 0.222. The largest absolute Gasteiger partial charge is 0.422 e. The molecule has 0 amide bonds. The average Bonchev–Trinajstić information content (AvgIpc) is 2.99. The fraction of sp³-hybridized carbons (Fsp3) is 0.421. The number of nitrogens with one attached hydrogen (secondary N) is 1. The molecular formula is C19H24N4O. The van der Waals surface area contributed by atoms with E-state index < -0.39 is 0 Å². The molecule has 0 spiro atoms. The first-order valence-electron chi connectivity index (χ1n) is 8.38. The van der Waals surface area contributed by atoms with E-state index in [1.807, 2.05) is 18.2 Å². The third-order valence-electron chi connectivity index (χ3n) is 4.07. The number of hydrazone groups is 1. The van der Waals surface area contributed by atoms with Crippen LogP contribution in [0.1, 0.15) is 75.1 Å². The standard InChI is InChI=1S/C19H24N4O/c1-5-15(6-2)18-22-17(11-20)19(24-18)23-21-12-14-7-9-16(10-8-14)13(3)4/h7-10,12-13,15,23H,5-6H2,1-4H3/b21-12+. The van der Waals surface area contributed by atoms with E-state index in [0.717, 1.165) is 18.4 Å². The Kier molecular flexibility index (Phi) is 6.14. The van der Waals surface area contributed by atoms with Gasteiger partial charge < -0.3 is 4.42 Å². The predicted octanol–water partition coefficient (Wildman–Crippen LogP) is 5.02. The van der Waals surface area contributed by atoms with Gasteiger partial charge in [-0.3, -0.25) is 0 Å². The van der Waals surface area contributed by atoms with Crippen LogP contribution < -0.4 is 5.43 Å². The molecule has 2 aromatic rings. The third kappa shape index (κ3) is 4.23. The molecule has 0 unspecified atom stereocenters. The van der Waals surface area contributed by atoms with Crippen LogP contribution >= 0.6 is 0 Å². The van der Waals surface area contributed by atoms with E-state index in [0.29, 0.717) is 17.7 Å². The highest BCUT2D eigenvalue weighted by molar-refractivity contribution is 5.80. The number of anilines is 1. The van der Waals surface area contributed by atoms with E-state index >= 15 is 0 Å². The second-order valence-electron chi connectivity index (χ2n) is 6.05. The molecule has 0 aliphatic carbocycles. The van der Waals surface area contributed by atoms with Crippen molar-refractivity contribution in [2.45, 2.75) is 52.4 Å². The van der Waals surface area contributed by atoms with Gasteiger partial charge in [-0.1, -0.05) is 52.0 Å². The van der Waals surface area contributed by atoms with Crippen molar-refractivity contribution in [3.63, 3.8) is 0 Å². The van der Waals surface area contributed by atoms with Gasteiger partial charge in [-0.2, -0.15) is 10.4 Å². The van der Waals surface area contributed by atoms with Crippen LogP contribution in [-0.2, 0) is 0 Å². The molecule has 0 fully saturated rings. The van der Waals surface area contributed by atoms with E-state index in [4.69, 9.17) is 4.42 Å². The summed E-state index contributed by atoms with van der Waals surface area (Å²) in [4.78, 5) is 4.26. The molecule has 24 heavy (non-hydrogen) atoms. The lowest BCUT2D eigenvalue weighted by Gasteiger charge is -2.05. The van der Waals surface area contributed by atoms with Crippen LogP contribution in [0.5, 0.6) is 0 Å². The van der Waals surface area contributed by atoms with Crippen LogP contribution in [0.15, 0.2) is 33.8 Å². The van der Waals surface area contributed by atoms with Crippen LogP contribution in [-0.4, -0.2) is 11.2 Å². The zero-order valence-corrected chi connectivity index (χ0v) is 14.7. The molecule has 0 aliphatic heterocycles. The van der Waals surface area contributed by atoms with Crippen molar-refractivity contribution in [2.75, 3.05) is 5.43 Å². The van der Waals surface area contributed by atoms with Gasteiger partial charge in [0.1, 0.15) is 6.07 Å². The Hall–Kier alpha value is -2.61. The van der Waals surface area contributed by atoms with Crippen molar-refractivity contribution in [2.24, 2.45) is 5.10 Å². The van der Waals surface area contributed by atoms with Crippen LogP contribution in [0.3, 0.4) is 0 Å². The molecule has 1 aromatic heterocycles. The van der Waals surface area contributed by atoms with Crippen LogP contribution in [0.4, 0.5) is 5.88 Å². The minimum atomic E-state index is 0.222. The Morgan fingerprint density at radius 2 is 1.92 bits per heavy atom. The van der Waals surface area contributed by atoms with Gasteiger partial charge in [-0.15, -0.1) is 0 Å². The monoisotopic (exact) mass is 324 g/mol. The number of nitriles is 1. The molecule has 2 rings (SSSR count). The quantitative estimate of drug-likeness (QED) is 0.573. The zero-order valence-electron chi connectivity index (χ0n) is 14.7. The Labute approximate surface area is 143 Å². The predicted molar refractivity (Wildman–Crippen MR) is 96.3 cm³/mol. The fourth-order valence-corrected chi connectivity index (χ4v) is 2.43. The first-order valence-corrected chi connectivity index (χ1v) is 8.38. The van der Waals surface area contributed by atoms with E-state index in [2.05, 4.69) is 55.3 Å². The second kappa shape index (κ2) is 8.30. The van der Waals surface area contributed by atoms with Gasteiger partial charge >= 0.3 is 0 Å². The van der Waals surface area contributed by atoms with E-state index in [9.17, 15) is 5.26 Å². The molecule has 0 saturated carbocycles. The van der Waals surface area contributed by atoms with E-state index in [1.165, 1.54) is 5.56 Å². The van der Waals surface area contributed by atoms with Crippen molar-refractivity contribution in [3.05, 3.63) is 47.0 Å². The Balaban J connectivity index is 2.09. The molecule has 5 heteroatoms. The van der Waals surface area contributed by atoms with Gasteiger partial charge in [0.05, 0.1) is 6.21 Å². The summed E-state index contributed by atoms with van der Waals surface area (Å²) < 4.78 is 5.68. The number of hydrogen-bond acceptors (Lipinski definition) is 5. The lowest BCUT2D eigenvalue weighted by molar-refractivity contribution is 0.439. The van der Waals surface area contributed by atoms with Gasteiger partial charge in [0, 0.05) is 5.92 Å². The Morgan fingerprint density at radius 1 is 1.25 bits per heavy atom. The van der Waals surface area contributed by atoms with Crippen molar-refractivity contribution in [1.29, 1.82) is 5.26 Å². The lowest BCUT2D eigenvalue weighted by Crippen LogP contribution is -1.95. The SMILES string of the molecule is CCC(CC)c1nc(C#N)c(N/N=C/c2ccc(C(C)C)cc2)o1. The maximum Gasteiger partial charge on any atom is 0.252 e. The van der Waals surface area contributed by atoms with Gasteiger partial charge in [0.2, 0.25) is 11.6 Å². The molecule has 1 N–H and O–H groups in total. The highest BCUT2D eigenvalue weighted by Crippen LogP contribution is 2.27. The highest BCUT2D eigenvalue weighted by atomic mass is 16.4. The summed E-state index contributed by atoms with van der Waals surface area (Å²) in [7, 11) is 0. The summed E-state index contributed by atoms with van der Waals surface area (Å²) in [5.74, 6) is 1.62. The molecule has 5 nitrogen and oxygen atoms in total. The Bertz CT molecular complexity index is 719. The van der Waals surface area contributed by atoms with Gasteiger partial charge in [0.15, 0.2) is 0 Å².